The van der Waals surface area contributed by atoms with E-state index in [1.54, 1.807) is 0 Å². The Balaban J connectivity index is 2.03. The summed E-state index contributed by atoms with van der Waals surface area (Å²) in [7, 11) is -2.63. The van der Waals surface area contributed by atoms with E-state index in [9.17, 15) is 10.4 Å². The first-order valence-electron chi connectivity index (χ1n) is 11.9. The first-order valence-corrected chi connectivity index (χ1v) is 13.8. The maximum atomic E-state index is 9.51. The number of aliphatic hydroxyl groups is 1. The zero-order chi connectivity index (χ0) is 23.2. The molecule has 0 aromatic heterocycles. The topological polar surface area (TPSA) is 56.5 Å². The Labute approximate surface area is 195 Å². The van der Waals surface area contributed by atoms with Crippen molar-refractivity contribution in [2.45, 2.75) is 76.6 Å². The summed E-state index contributed by atoms with van der Waals surface area (Å²) >= 11 is 0. The van der Waals surface area contributed by atoms with Gasteiger partial charge in [-0.3, -0.25) is 4.90 Å². The molecule has 5 heteroatoms. The van der Waals surface area contributed by atoms with Gasteiger partial charge in [0.25, 0.3) is 8.32 Å². The van der Waals surface area contributed by atoms with Gasteiger partial charge in [-0.25, -0.2) is 0 Å². The van der Waals surface area contributed by atoms with Gasteiger partial charge in [-0.1, -0.05) is 81.4 Å². The quantitative estimate of drug-likeness (QED) is 0.486. The van der Waals surface area contributed by atoms with Crippen LogP contribution in [0.15, 0.2) is 60.7 Å². The van der Waals surface area contributed by atoms with Crippen molar-refractivity contribution >= 4 is 18.7 Å². The van der Waals surface area contributed by atoms with Crippen LogP contribution in [0.2, 0.25) is 5.04 Å². The van der Waals surface area contributed by atoms with Gasteiger partial charge in [0, 0.05) is 18.7 Å². The molecule has 1 aliphatic heterocycles. The van der Waals surface area contributed by atoms with E-state index in [0.717, 1.165) is 25.7 Å². The highest BCUT2D eigenvalue weighted by Gasteiger charge is 2.52. The normalized spacial score (nSPS) is 22.4. The first-order chi connectivity index (χ1) is 15.3. The Morgan fingerprint density at radius 2 is 1.59 bits per heavy atom. The molecule has 0 spiro atoms. The molecule has 0 radical (unpaired) electrons. The van der Waals surface area contributed by atoms with E-state index in [0.29, 0.717) is 12.6 Å². The molecule has 0 bridgehead atoms. The molecule has 0 aliphatic carbocycles. The number of hydrogen-bond acceptors (Lipinski definition) is 4. The Bertz CT molecular complexity index is 837. The van der Waals surface area contributed by atoms with E-state index in [4.69, 9.17) is 4.43 Å². The summed E-state index contributed by atoms with van der Waals surface area (Å²) in [6.07, 6.45) is 3.73. The molecule has 1 heterocycles. The lowest BCUT2D eigenvalue weighted by Gasteiger charge is -2.50. The fourth-order valence-corrected chi connectivity index (χ4v) is 10.2. The highest BCUT2D eigenvalue weighted by Crippen LogP contribution is 2.40. The summed E-state index contributed by atoms with van der Waals surface area (Å²) in [5.41, 5.74) is 0. The van der Waals surface area contributed by atoms with Crippen molar-refractivity contribution in [1.82, 2.24) is 4.90 Å². The molecule has 1 fully saturated rings. The van der Waals surface area contributed by atoms with Crippen molar-refractivity contribution in [1.29, 1.82) is 5.26 Å². The van der Waals surface area contributed by atoms with E-state index in [2.05, 4.69) is 99.3 Å². The van der Waals surface area contributed by atoms with Gasteiger partial charge in [-0.2, -0.15) is 5.26 Å². The molecule has 0 unspecified atom stereocenters. The molecule has 1 aliphatic rings. The standard InChI is InChI=1S/C27H38N2O2Si/c1-22-26(18-17-23(12-11-21-30)29(22)20-19-28)31-32(27(2,3)4,24-13-7-5-8-14-24)25-15-9-6-10-16-25/h5-10,13-16,22-23,26,30H,11-12,17-18,20-21H2,1-4H3/t22-,23+,26+/m0/s1. The fraction of sp³-hybridized carbons (Fsp3) is 0.519. The van der Waals surface area contributed by atoms with Crippen molar-refractivity contribution in [3.8, 4) is 6.07 Å². The predicted octanol–water partition coefficient (Wildman–Crippen LogP) is 4.08. The molecule has 1 N–H and O–H groups in total. The number of nitrogens with zero attached hydrogens (tertiary/aromatic N) is 2. The van der Waals surface area contributed by atoms with Crippen LogP contribution in [0.3, 0.4) is 0 Å². The minimum atomic E-state index is -2.63. The molecule has 3 rings (SSSR count). The molecule has 2 aromatic carbocycles. The van der Waals surface area contributed by atoms with Crippen molar-refractivity contribution in [2.24, 2.45) is 0 Å². The molecule has 172 valence electrons. The number of benzene rings is 2. The van der Waals surface area contributed by atoms with E-state index in [1.165, 1.54) is 10.4 Å². The molecule has 3 atom stereocenters. The summed E-state index contributed by atoms with van der Waals surface area (Å²) in [6, 6.07) is 24.4. The summed E-state index contributed by atoms with van der Waals surface area (Å²) < 4.78 is 7.40. The maximum Gasteiger partial charge on any atom is 0.261 e. The van der Waals surface area contributed by atoms with Gasteiger partial charge in [-0.05, 0) is 48.0 Å². The maximum absolute atomic E-state index is 9.51. The summed E-state index contributed by atoms with van der Waals surface area (Å²) in [4.78, 5) is 2.31. The molecular weight excluding hydrogens is 412 g/mol. The largest absolute Gasteiger partial charge is 0.403 e. The molecule has 0 saturated carbocycles. The molecule has 4 nitrogen and oxygen atoms in total. The zero-order valence-electron chi connectivity index (χ0n) is 20.0. The van der Waals surface area contributed by atoms with Gasteiger partial charge >= 0.3 is 0 Å². The van der Waals surface area contributed by atoms with Crippen LogP contribution in [-0.2, 0) is 4.43 Å². The van der Waals surface area contributed by atoms with E-state index >= 15 is 0 Å². The van der Waals surface area contributed by atoms with Gasteiger partial charge in [0.05, 0.1) is 18.7 Å². The van der Waals surface area contributed by atoms with E-state index in [-0.39, 0.29) is 23.8 Å². The van der Waals surface area contributed by atoms with Crippen molar-refractivity contribution < 1.29 is 9.53 Å². The first kappa shape index (κ1) is 24.7. The lowest BCUT2D eigenvalue weighted by molar-refractivity contribution is -0.00109. The highest BCUT2D eigenvalue weighted by molar-refractivity contribution is 6.99. The monoisotopic (exact) mass is 450 g/mol. The van der Waals surface area contributed by atoms with Crippen LogP contribution in [0.5, 0.6) is 0 Å². The molecular formula is C27H38N2O2Si. The van der Waals surface area contributed by atoms with Crippen LogP contribution < -0.4 is 10.4 Å². The third-order valence-electron chi connectivity index (χ3n) is 7.01. The number of hydrogen-bond donors (Lipinski definition) is 1. The number of likely N-dealkylation sites (tertiary alicyclic amines) is 1. The predicted molar refractivity (Wildman–Crippen MR) is 134 cm³/mol. The Morgan fingerprint density at radius 3 is 2.06 bits per heavy atom. The average Bonchev–Trinajstić information content (AvgIpc) is 2.79. The molecule has 0 amide bonds. The molecule has 32 heavy (non-hydrogen) atoms. The SMILES string of the molecule is C[C@H]1[C@H](O[Si](c2ccccc2)(c2ccccc2)C(C)(C)C)CC[C@@H](CCCO)N1CC#N. The van der Waals surface area contributed by atoms with Crippen molar-refractivity contribution in [2.75, 3.05) is 13.2 Å². The van der Waals surface area contributed by atoms with Crippen molar-refractivity contribution in [3.05, 3.63) is 60.7 Å². The molecule has 2 aromatic rings. The van der Waals surface area contributed by atoms with Gasteiger partial charge in [-0.15, -0.1) is 0 Å². The number of piperidine rings is 1. The smallest absolute Gasteiger partial charge is 0.261 e. The Kier molecular flexibility index (Phi) is 8.30. The van der Waals surface area contributed by atoms with E-state index in [1.807, 2.05) is 0 Å². The van der Waals surface area contributed by atoms with Crippen LogP contribution in [0, 0.1) is 11.3 Å². The Hall–Kier alpha value is -1.97. The van der Waals surface area contributed by atoms with Gasteiger partial charge in [0.15, 0.2) is 0 Å². The lowest BCUT2D eigenvalue weighted by atomic mass is 9.91. The van der Waals surface area contributed by atoms with Gasteiger partial charge in [0.1, 0.15) is 0 Å². The fourth-order valence-electron chi connectivity index (χ4n) is 5.38. The van der Waals surface area contributed by atoms with Crippen molar-refractivity contribution in [3.63, 3.8) is 0 Å². The number of aliphatic hydroxyl groups excluding tert-OH is 1. The van der Waals surface area contributed by atoms with Gasteiger partial charge < -0.3 is 9.53 Å². The highest BCUT2D eigenvalue weighted by atomic mass is 28.4. The van der Waals surface area contributed by atoms with Crippen LogP contribution in [0.25, 0.3) is 0 Å². The third kappa shape index (κ3) is 4.99. The average molecular weight is 451 g/mol. The minimum absolute atomic E-state index is 0.0556. The van der Waals surface area contributed by atoms with Crippen LogP contribution >= 0.6 is 0 Å². The second-order valence-electron chi connectivity index (χ2n) is 9.99. The number of nitriles is 1. The Morgan fingerprint density at radius 1 is 1.03 bits per heavy atom. The summed E-state index contributed by atoms with van der Waals surface area (Å²) in [6.45, 7) is 9.74. The third-order valence-corrected chi connectivity index (χ3v) is 12.1. The lowest BCUT2D eigenvalue weighted by Crippen LogP contribution is -2.69. The van der Waals surface area contributed by atoms with Gasteiger partial charge in [0.2, 0.25) is 0 Å². The second kappa shape index (κ2) is 10.8. The van der Waals surface area contributed by atoms with Crippen LogP contribution in [0.1, 0.15) is 53.4 Å². The van der Waals surface area contributed by atoms with E-state index < -0.39 is 8.32 Å². The summed E-state index contributed by atoms with van der Waals surface area (Å²) in [5.74, 6) is 0. The minimum Gasteiger partial charge on any atom is -0.403 e. The van der Waals surface area contributed by atoms with Crippen LogP contribution in [0.4, 0.5) is 0 Å². The second-order valence-corrected chi connectivity index (χ2v) is 14.2. The zero-order valence-corrected chi connectivity index (χ0v) is 21.0. The summed E-state index contributed by atoms with van der Waals surface area (Å²) in [5, 5.41) is 21.4. The number of rotatable bonds is 8. The van der Waals surface area contributed by atoms with Crippen LogP contribution in [-0.4, -0.2) is 49.7 Å². The molecule has 1 saturated heterocycles.